The summed E-state index contributed by atoms with van der Waals surface area (Å²) < 4.78 is 52.7. The molecule has 9 heteroatoms. The topological polar surface area (TPSA) is 66.5 Å². The average Bonchev–Trinajstić information content (AvgIpc) is 3.15. The van der Waals surface area contributed by atoms with Crippen molar-refractivity contribution in [2.24, 2.45) is 5.92 Å². The molecule has 1 amide bonds. The lowest BCUT2D eigenvalue weighted by atomic mass is 9.97. The fraction of sp³-hybridized carbons (Fsp3) is 0.353. The van der Waals surface area contributed by atoms with Gasteiger partial charge in [0.15, 0.2) is 11.6 Å². The highest BCUT2D eigenvalue weighted by Gasteiger charge is 2.32. The summed E-state index contributed by atoms with van der Waals surface area (Å²) in [6.45, 7) is 0.792. The maximum atomic E-state index is 13.3. The Labute approximate surface area is 154 Å². The number of carbonyl (C=O) groups is 1. The number of piperidine rings is 1. The summed E-state index contributed by atoms with van der Waals surface area (Å²) in [7, 11) is -3.90. The minimum atomic E-state index is -3.90. The zero-order valence-electron chi connectivity index (χ0n) is 13.8. The molecule has 1 N–H and O–H groups in total. The quantitative estimate of drug-likeness (QED) is 0.839. The van der Waals surface area contributed by atoms with Gasteiger partial charge in [0.25, 0.3) is 0 Å². The highest BCUT2D eigenvalue weighted by molar-refractivity contribution is 7.89. The lowest BCUT2D eigenvalue weighted by Crippen LogP contribution is -2.42. The van der Waals surface area contributed by atoms with Crippen LogP contribution in [0.4, 0.5) is 8.78 Å². The second-order valence-corrected chi connectivity index (χ2v) is 9.02. The second kappa shape index (κ2) is 7.81. The molecule has 0 atom stereocenters. The van der Waals surface area contributed by atoms with Gasteiger partial charge in [-0.05, 0) is 42.5 Å². The normalized spacial score (nSPS) is 16.5. The minimum Gasteiger partial charge on any atom is -0.351 e. The third-order valence-electron chi connectivity index (χ3n) is 4.37. The predicted octanol–water partition coefficient (Wildman–Crippen LogP) is 2.74. The lowest BCUT2D eigenvalue weighted by Gasteiger charge is -2.30. The van der Waals surface area contributed by atoms with Gasteiger partial charge >= 0.3 is 0 Å². The van der Waals surface area contributed by atoms with Gasteiger partial charge in [-0.1, -0.05) is 6.07 Å². The Balaban J connectivity index is 1.58. The Morgan fingerprint density at radius 3 is 2.54 bits per heavy atom. The van der Waals surface area contributed by atoms with Crippen LogP contribution in [-0.2, 0) is 21.4 Å². The Morgan fingerprint density at radius 1 is 1.19 bits per heavy atom. The molecule has 3 rings (SSSR count). The third kappa shape index (κ3) is 4.11. The number of sulfonamides is 1. The zero-order chi connectivity index (χ0) is 18.7. The van der Waals surface area contributed by atoms with Crippen molar-refractivity contribution < 1.29 is 22.0 Å². The first-order valence-corrected chi connectivity index (χ1v) is 10.4. The number of amides is 1. The van der Waals surface area contributed by atoms with Crippen LogP contribution in [0.2, 0.25) is 0 Å². The number of rotatable bonds is 5. The summed E-state index contributed by atoms with van der Waals surface area (Å²) in [5.41, 5.74) is 0. The lowest BCUT2D eigenvalue weighted by molar-refractivity contribution is -0.126. The molecule has 1 fully saturated rings. The third-order valence-corrected chi connectivity index (χ3v) is 7.14. The van der Waals surface area contributed by atoms with Crippen LogP contribution in [0.25, 0.3) is 0 Å². The number of hydrogen-bond donors (Lipinski definition) is 1. The zero-order valence-corrected chi connectivity index (χ0v) is 15.5. The first-order chi connectivity index (χ1) is 12.4. The van der Waals surface area contributed by atoms with Crippen molar-refractivity contribution >= 4 is 27.3 Å². The van der Waals surface area contributed by atoms with E-state index in [2.05, 4.69) is 5.32 Å². The molecule has 0 unspecified atom stereocenters. The van der Waals surface area contributed by atoms with E-state index in [1.54, 1.807) is 11.3 Å². The monoisotopic (exact) mass is 400 g/mol. The van der Waals surface area contributed by atoms with E-state index in [9.17, 15) is 22.0 Å². The first kappa shape index (κ1) is 18.9. The van der Waals surface area contributed by atoms with Crippen molar-refractivity contribution in [2.45, 2.75) is 24.3 Å². The molecule has 26 heavy (non-hydrogen) atoms. The van der Waals surface area contributed by atoms with E-state index in [1.807, 2.05) is 17.5 Å². The molecular formula is C17H18F2N2O3S2. The van der Waals surface area contributed by atoms with Crippen molar-refractivity contribution in [3.05, 3.63) is 52.2 Å². The summed E-state index contributed by atoms with van der Waals surface area (Å²) in [6, 6.07) is 6.38. The molecule has 1 aliphatic heterocycles. The summed E-state index contributed by atoms with van der Waals surface area (Å²) in [5, 5.41) is 4.80. The van der Waals surface area contributed by atoms with Gasteiger partial charge in [0.05, 0.1) is 11.4 Å². The van der Waals surface area contributed by atoms with Crippen LogP contribution >= 0.6 is 11.3 Å². The van der Waals surface area contributed by atoms with E-state index in [-0.39, 0.29) is 29.8 Å². The Morgan fingerprint density at radius 2 is 1.92 bits per heavy atom. The van der Waals surface area contributed by atoms with E-state index in [0.29, 0.717) is 25.5 Å². The predicted molar refractivity (Wildman–Crippen MR) is 94.0 cm³/mol. The highest BCUT2D eigenvalue weighted by atomic mass is 32.2. The average molecular weight is 400 g/mol. The number of carbonyl (C=O) groups excluding carboxylic acids is 1. The molecule has 0 radical (unpaired) electrons. The van der Waals surface area contributed by atoms with Crippen LogP contribution in [0.15, 0.2) is 40.6 Å². The molecular weight excluding hydrogens is 382 g/mol. The number of nitrogens with zero attached hydrogens (tertiary/aromatic N) is 1. The fourth-order valence-electron chi connectivity index (χ4n) is 2.88. The van der Waals surface area contributed by atoms with E-state index >= 15 is 0 Å². The van der Waals surface area contributed by atoms with Gasteiger partial charge in [-0.3, -0.25) is 4.79 Å². The fourth-order valence-corrected chi connectivity index (χ4v) is 5.00. The molecule has 2 heterocycles. The number of hydrogen-bond acceptors (Lipinski definition) is 4. The summed E-state index contributed by atoms with van der Waals surface area (Å²) >= 11 is 1.56. The van der Waals surface area contributed by atoms with Crippen molar-refractivity contribution in [1.82, 2.24) is 9.62 Å². The molecule has 1 aliphatic rings. The van der Waals surface area contributed by atoms with Crippen LogP contribution in [0.3, 0.4) is 0 Å². The molecule has 1 saturated heterocycles. The summed E-state index contributed by atoms with van der Waals surface area (Å²) in [5.74, 6) is -2.64. The molecule has 5 nitrogen and oxygen atoms in total. The van der Waals surface area contributed by atoms with Gasteiger partial charge in [0.1, 0.15) is 0 Å². The smallest absolute Gasteiger partial charge is 0.243 e. The van der Waals surface area contributed by atoms with Crippen molar-refractivity contribution in [1.29, 1.82) is 0 Å². The summed E-state index contributed by atoms with van der Waals surface area (Å²) in [6.07, 6.45) is 0.776. The second-order valence-electron chi connectivity index (χ2n) is 6.05. The Kier molecular flexibility index (Phi) is 5.69. The highest BCUT2D eigenvalue weighted by Crippen LogP contribution is 2.25. The Bertz CT molecular complexity index is 877. The van der Waals surface area contributed by atoms with Gasteiger partial charge in [-0.2, -0.15) is 4.31 Å². The minimum absolute atomic E-state index is 0.0942. The molecule has 0 bridgehead atoms. The van der Waals surface area contributed by atoms with E-state index in [0.717, 1.165) is 17.0 Å². The number of nitrogens with one attached hydrogen (secondary N) is 1. The van der Waals surface area contributed by atoms with Crippen molar-refractivity contribution in [3.8, 4) is 0 Å². The van der Waals surface area contributed by atoms with Crippen molar-refractivity contribution in [3.63, 3.8) is 0 Å². The van der Waals surface area contributed by atoms with Crippen LogP contribution in [0, 0.1) is 17.6 Å². The van der Waals surface area contributed by atoms with E-state index < -0.39 is 21.7 Å². The SMILES string of the molecule is O=C(NCc1cccs1)C1CCN(S(=O)(=O)c2ccc(F)c(F)c2)CC1. The van der Waals surface area contributed by atoms with Crippen molar-refractivity contribution in [2.75, 3.05) is 13.1 Å². The van der Waals surface area contributed by atoms with Crippen LogP contribution in [-0.4, -0.2) is 31.7 Å². The standard InChI is InChI=1S/C17H18F2N2O3S2/c18-15-4-3-14(10-16(15)19)26(23,24)21-7-5-12(6-8-21)17(22)20-11-13-2-1-9-25-13/h1-4,9-10,12H,5-8,11H2,(H,20,22). The molecule has 0 aliphatic carbocycles. The Hall–Kier alpha value is -1.84. The molecule has 2 aromatic rings. The van der Waals surface area contributed by atoms with E-state index in [1.165, 1.54) is 4.31 Å². The van der Waals surface area contributed by atoms with Crippen LogP contribution < -0.4 is 5.32 Å². The molecule has 1 aromatic heterocycles. The van der Waals surface area contributed by atoms with Gasteiger partial charge in [0.2, 0.25) is 15.9 Å². The molecule has 140 valence electrons. The van der Waals surface area contributed by atoms with Gasteiger partial charge < -0.3 is 5.32 Å². The maximum absolute atomic E-state index is 13.3. The first-order valence-electron chi connectivity index (χ1n) is 8.13. The molecule has 0 saturated carbocycles. The van der Waals surface area contributed by atoms with Crippen LogP contribution in [0.5, 0.6) is 0 Å². The number of halogens is 2. The number of thiophene rings is 1. The maximum Gasteiger partial charge on any atom is 0.243 e. The number of benzene rings is 1. The van der Waals surface area contributed by atoms with E-state index in [4.69, 9.17) is 0 Å². The van der Waals surface area contributed by atoms with Gasteiger partial charge in [-0.15, -0.1) is 11.3 Å². The largest absolute Gasteiger partial charge is 0.351 e. The molecule has 1 aromatic carbocycles. The van der Waals surface area contributed by atoms with Gasteiger partial charge in [0, 0.05) is 23.9 Å². The van der Waals surface area contributed by atoms with Crippen LogP contribution in [0.1, 0.15) is 17.7 Å². The molecule has 0 spiro atoms. The summed E-state index contributed by atoms with van der Waals surface area (Å²) in [4.78, 5) is 13.0. The van der Waals surface area contributed by atoms with Gasteiger partial charge in [-0.25, -0.2) is 17.2 Å².